The molecular formula is C18H18N2O5S. The number of carbonyl (C=O) groups excluding carboxylic acids is 1. The van der Waals surface area contributed by atoms with Crippen LogP contribution in [0.4, 0.5) is 5.69 Å². The van der Waals surface area contributed by atoms with E-state index in [1.165, 1.54) is 10.4 Å². The topological polar surface area (TPSA) is 84.9 Å². The van der Waals surface area contributed by atoms with E-state index in [1.54, 1.807) is 31.3 Å². The molecule has 0 atom stereocenters. The molecule has 0 spiro atoms. The van der Waals surface area contributed by atoms with Crippen molar-refractivity contribution >= 4 is 21.6 Å². The van der Waals surface area contributed by atoms with Crippen LogP contribution in [-0.4, -0.2) is 32.5 Å². The maximum atomic E-state index is 12.9. The molecule has 7 nitrogen and oxygen atoms in total. The molecule has 2 aliphatic rings. The molecular weight excluding hydrogens is 356 g/mol. The van der Waals surface area contributed by atoms with Crippen LogP contribution in [0.15, 0.2) is 41.3 Å². The summed E-state index contributed by atoms with van der Waals surface area (Å²) in [4.78, 5) is 11.7. The summed E-state index contributed by atoms with van der Waals surface area (Å²) >= 11 is 0. The molecule has 0 fully saturated rings. The van der Waals surface area contributed by atoms with Crippen molar-refractivity contribution < 1.29 is 22.7 Å². The number of carbonyl (C=O) groups is 1. The number of fused-ring (bicyclic) bond motifs is 2. The summed E-state index contributed by atoms with van der Waals surface area (Å²) in [6.07, 6.45) is 0.903. The molecule has 0 radical (unpaired) electrons. The van der Waals surface area contributed by atoms with Crippen LogP contribution in [0, 0.1) is 0 Å². The summed E-state index contributed by atoms with van der Waals surface area (Å²) in [7, 11) is -2.11. The number of hydrogen-bond donors (Lipinski definition) is 1. The first-order valence-corrected chi connectivity index (χ1v) is 9.65. The summed E-state index contributed by atoms with van der Waals surface area (Å²) in [6, 6.07) is 10.2. The Morgan fingerprint density at radius 1 is 1.08 bits per heavy atom. The first kappa shape index (κ1) is 16.9. The Kier molecular flexibility index (Phi) is 4.08. The molecule has 26 heavy (non-hydrogen) atoms. The number of benzene rings is 2. The summed E-state index contributed by atoms with van der Waals surface area (Å²) in [5.41, 5.74) is 2.33. The smallest absolute Gasteiger partial charge is 0.243 e. The molecule has 0 bridgehead atoms. The molecule has 2 heterocycles. The van der Waals surface area contributed by atoms with E-state index in [2.05, 4.69) is 5.32 Å². The molecule has 1 amide bonds. The van der Waals surface area contributed by atoms with Crippen molar-refractivity contribution in [2.75, 3.05) is 19.2 Å². The molecule has 8 heteroatoms. The van der Waals surface area contributed by atoms with E-state index in [1.807, 2.05) is 6.07 Å². The lowest BCUT2D eigenvalue weighted by atomic mass is 10.0. The lowest BCUT2D eigenvalue weighted by molar-refractivity contribution is -0.116. The van der Waals surface area contributed by atoms with Gasteiger partial charge in [-0.05, 0) is 47.9 Å². The normalized spacial score (nSPS) is 15.7. The van der Waals surface area contributed by atoms with Crippen molar-refractivity contribution in [1.82, 2.24) is 4.31 Å². The van der Waals surface area contributed by atoms with E-state index in [4.69, 9.17) is 9.47 Å². The highest BCUT2D eigenvalue weighted by atomic mass is 32.2. The first-order valence-electron chi connectivity index (χ1n) is 8.21. The van der Waals surface area contributed by atoms with E-state index in [9.17, 15) is 13.2 Å². The van der Waals surface area contributed by atoms with Gasteiger partial charge >= 0.3 is 0 Å². The second kappa shape index (κ2) is 6.30. The summed E-state index contributed by atoms with van der Waals surface area (Å²) in [5.74, 6) is 1.24. The minimum absolute atomic E-state index is 0.0481. The van der Waals surface area contributed by atoms with Crippen molar-refractivity contribution in [2.24, 2.45) is 0 Å². The minimum Gasteiger partial charge on any atom is -0.454 e. The van der Waals surface area contributed by atoms with Crippen molar-refractivity contribution in [2.45, 2.75) is 24.3 Å². The van der Waals surface area contributed by atoms with E-state index >= 15 is 0 Å². The fourth-order valence-electron chi connectivity index (χ4n) is 3.08. The van der Waals surface area contributed by atoms with Gasteiger partial charge in [0.05, 0.1) is 4.90 Å². The molecule has 4 rings (SSSR count). The van der Waals surface area contributed by atoms with Crippen LogP contribution in [-0.2, 0) is 27.8 Å². The van der Waals surface area contributed by atoms with Crippen molar-refractivity contribution in [1.29, 1.82) is 0 Å². The van der Waals surface area contributed by atoms with Gasteiger partial charge in [-0.2, -0.15) is 4.31 Å². The minimum atomic E-state index is -3.65. The molecule has 136 valence electrons. The van der Waals surface area contributed by atoms with Gasteiger partial charge in [0.15, 0.2) is 11.5 Å². The van der Waals surface area contributed by atoms with Crippen molar-refractivity contribution in [3.63, 3.8) is 0 Å². The van der Waals surface area contributed by atoms with Gasteiger partial charge < -0.3 is 14.8 Å². The monoisotopic (exact) mass is 374 g/mol. The second-order valence-electron chi connectivity index (χ2n) is 6.32. The number of nitrogens with zero attached hydrogens (tertiary/aromatic N) is 1. The highest BCUT2D eigenvalue weighted by molar-refractivity contribution is 7.89. The second-order valence-corrected chi connectivity index (χ2v) is 8.36. The molecule has 0 aromatic heterocycles. The number of ether oxygens (including phenoxy) is 2. The van der Waals surface area contributed by atoms with E-state index in [-0.39, 0.29) is 24.1 Å². The Balaban J connectivity index is 1.57. The molecule has 0 saturated carbocycles. The molecule has 2 aromatic rings. The Morgan fingerprint density at radius 2 is 1.88 bits per heavy atom. The fraction of sp³-hybridized carbons (Fsp3) is 0.278. The van der Waals surface area contributed by atoms with E-state index in [0.29, 0.717) is 30.0 Å². The van der Waals surface area contributed by atoms with Crippen LogP contribution in [0.1, 0.15) is 17.5 Å². The molecule has 2 aromatic carbocycles. The SMILES string of the molecule is CN(Cc1ccc2c(c1)OCO2)S(=O)(=O)c1ccc2c(c1)CCC(=O)N2. The average molecular weight is 374 g/mol. The average Bonchev–Trinajstić information content (AvgIpc) is 3.08. The third kappa shape index (κ3) is 3.02. The standard InChI is InChI=1S/C18H18N2O5S/c1-20(10-12-2-6-16-17(8-12)25-11-24-16)26(22,23)14-4-5-15-13(9-14)3-7-18(21)19-15/h2,4-6,8-9H,3,7,10-11H2,1H3,(H,19,21). The van der Waals surface area contributed by atoms with Crippen LogP contribution >= 0.6 is 0 Å². The number of rotatable bonds is 4. The van der Waals surface area contributed by atoms with Crippen LogP contribution in [0.25, 0.3) is 0 Å². The molecule has 0 aliphatic carbocycles. The lowest BCUT2D eigenvalue weighted by Crippen LogP contribution is -2.27. The molecule has 2 aliphatic heterocycles. The molecule has 0 unspecified atom stereocenters. The predicted octanol–water partition coefficient (Wildman–Crippen LogP) is 2.12. The summed E-state index contributed by atoms with van der Waals surface area (Å²) in [5, 5.41) is 2.76. The summed E-state index contributed by atoms with van der Waals surface area (Å²) < 4.78 is 37.7. The lowest BCUT2D eigenvalue weighted by Gasteiger charge is -2.21. The molecule has 0 saturated heterocycles. The zero-order valence-electron chi connectivity index (χ0n) is 14.2. The number of aryl methyl sites for hydroxylation is 1. The third-order valence-corrected chi connectivity index (χ3v) is 6.32. The Morgan fingerprint density at radius 3 is 2.73 bits per heavy atom. The van der Waals surface area contributed by atoms with Gasteiger partial charge in [0.25, 0.3) is 0 Å². The first-order chi connectivity index (χ1) is 12.4. The maximum absolute atomic E-state index is 12.9. The van der Waals surface area contributed by atoms with E-state index < -0.39 is 10.0 Å². The van der Waals surface area contributed by atoms with Gasteiger partial charge in [-0.1, -0.05) is 6.07 Å². The van der Waals surface area contributed by atoms with Crippen molar-refractivity contribution in [3.8, 4) is 11.5 Å². The summed E-state index contributed by atoms with van der Waals surface area (Å²) in [6.45, 7) is 0.394. The number of nitrogens with one attached hydrogen (secondary N) is 1. The third-order valence-electron chi connectivity index (χ3n) is 4.52. The van der Waals surface area contributed by atoms with Crippen LogP contribution in [0.3, 0.4) is 0 Å². The quantitative estimate of drug-likeness (QED) is 0.886. The van der Waals surface area contributed by atoms with E-state index in [0.717, 1.165) is 11.1 Å². The Bertz CT molecular complexity index is 987. The van der Waals surface area contributed by atoms with Crippen molar-refractivity contribution in [3.05, 3.63) is 47.5 Å². The maximum Gasteiger partial charge on any atom is 0.243 e. The number of hydrogen-bond acceptors (Lipinski definition) is 5. The molecule has 1 N–H and O–H groups in total. The Hall–Kier alpha value is -2.58. The highest BCUT2D eigenvalue weighted by Gasteiger charge is 2.24. The van der Waals surface area contributed by atoms with Gasteiger partial charge in [-0.15, -0.1) is 0 Å². The van der Waals surface area contributed by atoms with Gasteiger partial charge in [-0.3, -0.25) is 4.79 Å². The number of sulfonamides is 1. The number of anilines is 1. The van der Waals surface area contributed by atoms with Gasteiger partial charge in [0.2, 0.25) is 22.7 Å². The fourth-order valence-corrected chi connectivity index (χ4v) is 4.29. The zero-order valence-corrected chi connectivity index (χ0v) is 15.0. The van der Waals surface area contributed by atoms with Gasteiger partial charge in [0, 0.05) is 25.7 Å². The van der Waals surface area contributed by atoms with Crippen LogP contribution < -0.4 is 14.8 Å². The van der Waals surface area contributed by atoms with Crippen LogP contribution in [0.5, 0.6) is 11.5 Å². The van der Waals surface area contributed by atoms with Crippen LogP contribution in [0.2, 0.25) is 0 Å². The zero-order chi connectivity index (χ0) is 18.3. The van der Waals surface area contributed by atoms with Gasteiger partial charge in [0.1, 0.15) is 0 Å². The van der Waals surface area contributed by atoms with Gasteiger partial charge in [-0.25, -0.2) is 8.42 Å². The Labute approximate surface area is 151 Å². The number of amides is 1. The highest BCUT2D eigenvalue weighted by Crippen LogP contribution is 2.33. The predicted molar refractivity (Wildman–Crippen MR) is 94.6 cm³/mol. The largest absolute Gasteiger partial charge is 0.454 e.